The minimum atomic E-state index is -0.237. The van der Waals surface area contributed by atoms with Gasteiger partial charge in [0.2, 0.25) is 0 Å². The number of nitrogens with zero attached hydrogens (tertiary/aromatic N) is 2. The van der Waals surface area contributed by atoms with Crippen LogP contribution in [-0.2, 0) is 4.79 Å². The molecule has 2 saturated heterocycles. The zero-order valence-electron chi connectivity index (χ0n) is 10.3. The number of benzene rings is 1. The molecule has 1 atom stereocenters. The number of carbonyl (C=O) groups excluding carboxylic acids is 2. The van der Waals surface area contributed by atoms with Gasteiger partial charge in [-0.25, -0.2) is 9.69 Å². The van der Waals surface area contributed by atoms with Crippen molar-refractivity contribution in [3.05, 3.63) is 29.3 Å². The quantitative estimate of drug-likeness (QED) is 0.863. The summed E-state index contributed by atoms with van der Waals surface area (Å²) in [6.45, 7) is 0.888. The molecule has 0 aromatic heterocycles. The van der Waals surface area contributed by atoms with Gasteiger partial charge < -0.3 is 10.2 Å². The molecule has 0 aliphatic carbocycles. The lowest BCUT2D eigenvalue weighted by atomic mass is 10.2. The van der Waals surface area contributed by atoms with Crippen LogP contribution in [0, 0.1) is 0 Å². The van der Waals surface area contributed by atoms with Gasteiger partial charge in [-0.2, -0.15) is 0 Å². The maximum Gasteiger partial charge on any atom is 0.328 e. The van der Waals surface area contributed by atoms with Crippen LogP contribution >= 0.6 is 11.6 Å². The van der Waals surface area contributed by atoms with E-state index < -0.39 is 0 Å². The summed E-state index contributed by atoms with van der Waals surface area (Å²) in [5.41, 5.74) is 0.831. The van der Waals surface area contributed by atoms with E-state index in [1.807, 2.05) is 12.1 Å². The van der Waals surface area contributed by atoms with Crippen molar-refractivity contribution in [2.75, 3.05) is 18.5 Å². The maximum absolute atomic E-state index is 12.1. The van der Waals surface area contributed by atoms with Crippen LogP contribution in [0.15, 0.2) is 24.3 Å². The number of hydrogen-bond acceptors (Lipinski definition) is 3. The fourth-order valence-corrected chi connectivity index (χ4v) is 2.69. The van der Waals surface area contributed by atoms with Crippen LogP contribution in [0.2, 0.25) is 5.02 Å². The second-order valence-corrected chi connectivity index (χ2v) is 5.18. The fraction of sp³-hybridized carbons (Fsp3) is 0.385. The number of nitrogens with one attached hydrogen (secondary N) is 1. The van der Waals surface area contributed by atoms with Gasteiger partial charge in [0.25, 0.3) is 5.91 Å². The number of carbonyl (C=O) groups is 2. The molecule has 1 N–H and O–H groups in total. The Morgan fingerprint density at radius 1 is 1.26 bits per heavy atom. The summed E-state index contributed by atoms with van der Waals surface area (Å²) in [4.78, 5) is 27.1. The van der Waals surface area contributed by atoms with Crippen molar-refractivity contribution in [2.24, 2.45) is 0 Å². The number of halogens is 1. The predicted molar refractivity (Wildman–Crippen MR) is 71.9 cm³/mol. The molecule has 100 valence electrons. The predicted octanol–water partition coefficient (Wildman–Crippen LogP) is 2.14. The molecule has 1 aromatic rings. The van der Waals surface area contributed by atoms with Crippen molar-refractivity contribution in [1.29, 1.82) is 0 Å². The standard InChI is InChI=1S/C13H14ClN3O2/c14-9-3-5-10(6-4-9)15-8-17-12(18)11-2-1-7-16(11)13(17)19/h3-6,11,15H,1-2,7-8H2. The van der Waals surface area contributed by atoms with E-state index in [-0.39, 0.29) is 24.6 Å². The lowest BCUT2D eigenvalue weighted by Crippen LogP contribution is -2.37. The summed E-state index contributed by atoms with van der Waals surface area (Å²) >= 11 is 5.80. The van der Waals surface area contributed by atoms with Crippen molar-refractivity contribution in [3.63, 3.8) is 0 Å². The summed E-state index contributed by atoms with van der Waals surface area (Å²) in [5, 5.41) is 3.72. The molecule has 2 aliphatic rings. The van der Waals surface area contributed by atoms with Crippen molar-refractivity contribution in [1.82, 2.24) is 9.80 Å². The van der Waals surface area contributed by atoms with Gasteiger partial charge in [-0.05, 0) is 37.1 Å². The highest BCUT2D eigenvalue weighted by Crippen LogP contribution is 2.27. The Hall–Kier alpha value is -1.75. The van der Waals surface area contributed by atoms with E-state index in [9.17, 15) is 9.59 Å². The fourth-order valence-electron chi connectivity index (χ4n) is 2.57. The number of amides is 3. The van der Waals surface area contributed by atoms with Crippen LogP contribution < -0.4 is 5.32 Å². The summed E-state index contributed by atoms with van der Waals surface area (Å²) in [5.74, 6) is -0.0936. The second-order valence-electron chi connectivity index (χ2n) is 4.74. The highest BCUT2D eigenvalue weighted by Gasteiger charge is 2.47. The zero-order chi connectivity index (χ0) is 13.4. The highest BCUT2D eigenvalue weighted by atomic mass is 35.5. The number of imide groups is 1. The van der Waals surface area contributed by atoms with Gasteiger partial charge in [-0.3, -0.25) is 4.79 Å². The van der Waals surface area contributed by atoms with Gasteiger partial charge in [0, 0.05) is 17.3 Å². The minimum absolute atomic E-state index is 0.0936. The first kappa shape index (κ1) is 12.3. The van der Waals surface area contributed by atoms with Crippen LogP contribution in [0.4, 0.5) is 10.5 Å². The number of fused-ring (bicyclic) bond motifs is 1. The Morgan fingerprint density at radius 2 is 2.00 bits per heavy atom. The van der Waals surface area contributed by atoms with Crippen molar-refractivity contribution < 1.29 is 9.59 Å². The molecule has 19 heavy (non-hydrogen) atoms. The van der Waals surface area contributed by atoms with Gasteiger partial charge in [0.1, 0.15) is 6.04 Å². The van der Waals surface area contributed by atoms with E-state index in [0.717, 1.165) is 18.5 Å². The zero-order valence-corrected chi connectivity index (χ0v) is 11.1. The van der Waals surface area contributed by atoms with Crippen LogP contribution in [0.3, 0.4) is 0 Å². The summed E-state index contributed by atoms with van der Waals surface area (Å²) in [6, 6.07) is 6.72. The molecule has 0 bridgehead atoms. The topological polar surface area (TPSA) is 52.7 Å². The molecular formula is C13H14ClN3O2. The SMILES string of the molecule is O=C1C2CCCN2C(=O)N1CNc1ccc(Cl)cc1. The van der Waals surface area contributed by atoms with Crippen molar-refractivity contribution >= 4 is 29.2 Å². The number of hydrogen-bond donors (Lipinski definition) is 1. The maximum atomic E-state index is 12.1. The van der Waals surface area contributed by atoms with Crippen LogP contribution in [0.1, 0.15) is 12.8 Å². The largest absolute Gasteiger partial charge is 0.367 e. The van der Waals surface area contributed by atoms with E-state index in [0.29, 0.717) is 11.6 Å². The van der Waals surface area contributed by atoms with E-state index in [1.165, 1.54) is 4.90 Å². The highest BCUT2D eigenvalue weighted by molar-refractivity contribution is 6.30. The Labute approximate surface area is 116 Å². The third-order valence-electron chi connectivity index (χ3n) is 3.57. The molecule has 6 heteroatoms. The van der Waals surface area contributed by atoms with Crippen LogP contribution in [0.25, 0.3) is 0 Å². The number of anilines is 1. The van der Waals surface area contributed by atoms with Gasteiger partial charge >= 0.3 is 6.03 Å². The minimum Gasteiger partial charge on any atom is -0.367 e. The molecule has 1 aromatic carbocycles. The molecule has 3 amide bonds. The summed E-state index contributed by atoms with van der Waals surface area (Å²) in [6.07, 6.45) is 1.70. The van der Waals surface area contributed by atoms with Crippen LogP contribution in [-0.4, -0.2) is 41.0 Å². The molecule has 0 spiro atoms. The third-order valence-corrected chi connectivity index (χ3v) is 3.82. The molecule has 0 radical (unpaired) electrons. The Balaban J connectivity index is 1.66. The van der Waals surface area contributed by atoms with Crippen molar-refractivity contribution in [2.45, 2.75) is 18.9 Å². The average Bonchev–Trinajstić information content (AvgIpc) is 2.96. The first-order valence-corrected chi connectivity index (χ1v) is 6.66. The number of urea groups is 1. The Bertz CT molecular complexity index is 495. The molecule has 2 fully saturated rings. The van der Waals surface area contributed by atoms with E-state index in [2.05, 4.69) is 5.32 Å². The lowest BCUT2D eigenvalue weighted by Gasteiger charge is -2.16. The first-order chi connectivity index (χ1) is 9.16. The second kappa shape index (κ2) is 4.74. The molecule has 1 unspecified atom stereocenters. The van der Waals surface area contributed by atoms with E-state index >= 15 is 0 Å². The molecule has 2 aliphatic heterocycles. The Morgan fingerprint density at radius 3 is 2.68 bits per heavy atom. The summed E-state index contributed by atoms with van der Waals surface area (Å²) in [7, 11) is 0. The Kier molecular flexibility index (Phi) is 3.06. The monoisotopic (exact) mass is 279 g/mol. The molecular weight excluding hydrogens is 266 g/mol. The van der Waals surface area contributed by atoms with E-state index in [1.54, 1.807) is 17.0 Å². The smallest absolute Gasteiger partial charge is 0.328 e. The van der Waals surface area contributed by atoms with Gasteiger partial charge in [0.15, 0.2) is 0 Å². The van der Waals surface area contributed by atoms with Crippen molar-refractivity contribution in [3.8, 4) is 0 Å². The van der Waals surface area contributed by atoms with Crippen LogP contribution in [0.5, 0.6) is 0 Å². The van der Waals surface area contributed by atoms with Gasteiger partial charge in [-0.1, -0.05) is 11.6 Å². The normalized spacial score (nSPS) is 22.1. The van der Waals surface area contributed by atoms with Gasteiger partial charge in [-0.15, -0.1) is 0 Å². The first-order valence-electron chi connectivity index (χ1n) is 6.28. The lowest BCUT2D eigenvalue weighted by molar-refractivity contribution is -0.127. The average molecular weight is 280 g/mol. The van der Waals surface area contributed by atoms with Gasteiger partial charge in [0.05, 0.1) is 6.67 Å². The molecule has 3 rings (SSSR count). The third kappa shape index (κ3) is 2.14. The molecule has 2 heterocycles. The molecule has 5 nitrogen and oxygen atoms in total. The number of rotatable bonds is 3. The van der Waals surface area contributed by atoms with E-state index in [4.69, 9.17) is 11.6 Å². The summed E-state index contributed by atoms with van der Waals surface area (Å²) < 4.78 is 0. The molecule has 0 saturated carbocycles.